The number of hydrogen-bond acceptors (Lipinski definition) is 6. The molecule has 0 aliphatic heterocycles. The fourth-order valence-corrected chi connectivity index (χ4v) is 4.29. The SMILES string of the molecule is CCn1c(SCC(=O)Nc2cccc(C(C)=O)c2)nnc1-c1cn(C)nc1-c1ccccc1. The van der Waals surface area contributed by atoms with Gasteiger partial charge in [-0.05, 0) is 26.0 Å². The average Bonchev–Trinajstić information content (AvgIpc) is 3.41. The minimum atomic E-state index is -0.181. The van der Waals surface area contributed by atoms with Crippen molar-refractivity contribution < 1.29 is 9.59 Å². The number of carbonyl (C=O) groups excluding carboxylic acids is 2. The van der Waals surface area contributed by atoms with E-state index in [-0.39, 0.29) is 17.4 Å². The molecule has 9 heteroatoms. The highest BCUT2D eigenvalue weighted by Crippen LogP contribution is 2.31. The summed E-state index contributed by atoms with van der Waals surface area (Å²) in [6, 6.07) is 16.8. The number of ketones is 1. The Balaban J connectivity index is 1.52. The molecule has 8 nitrogen and oxygen atoms in total. The minimum Gasteiger partial charge on any atom is -0.325 e. The average molecular weight is 461 g/mol. The second-order valence-corrected chi connectivity index (χ2v) is 8.40. The van der Waals surface area contributed by atoms with Gasteiger partial charge in [-0.15, -0.1) is 10.2 Å². The van der Waals surface area contributed by atoms with E-state index in [4.69, 9.17) is 0 Å². The zero-order chi connectivity index (χ0) is 23.4. The molecule has 0 unspecified atom stereocenters. The van der Waals surface area contributed by atoms with Crippen LogP contribution in [0, 0.1) is 0 Å². The Hall–Kier alpha value is -3.72. The quantitative estimate of drug-likeness (QED) is 0.311. The molecule has 33 heavy (non-hydrogen) atoms. The van der Waals surface area contributed by atoms with Crippen LogP contribution in [0.25, 0.3) is 22.6 Å². The van der Waals surface area contributed by atoms with Crippen molar-refractivity contribution >= 4 is 29.1 Å². The maximum atomic E-state index is 12.5. The number of aromatic nitrogens is 5. The molecule has 2 heterocycles. The third kappa shape index (κ3) is 5.04. The van der Waals surface area contributed by atoms with Gasteiger partial charge < -0.3 is 9.88 Å². The third-order valence-electron chi connectivity index (χ3n) is 5.04. The predicted octanol–water partition coefficient (Wildman–Crippen LogP) is 4.30. The van der Waals surface area contributed by atoms with Crippen LogP contribution in [-0.2, 0) is 18.4 Å². The van der Waals surface area contributed by atoms with Gasteiger partial charge in [-0.25, -0.2) is 0 Å². The number of anilines is 1. The normalized spacial score (nSPS) is 10.9. The summed E-state index contributed by atoms with van der Waals surface area (Å²) in [5.41, 5.74) is 3.87. The van der Waals surface area contributed by atoms with E-state index in [1.54, 1.807) is 28.9 Å². The first-order chi connectivity index (χ1) is 16.0. The van der Waals surface area contributed by atoms with Crippen LogP contribution in [0.3, 0.4) is 0 Å². The number of Topliss-reactive ketones (excluding diaryl/α,β-unsaturated/α-hetero) is 1. The van der Waals surface area contributed by atoms with Gasteiger partial charge in [0, 0.05) is 36.6 Å². The summed E-state index contributed by atoms with van der Waals surface area (Å²) in [6.07, 6.45) is 1.93. The number of nitrogens with one attached hydrogen (secondary N) is 1. The Morgan fingerprint density at radius 2 is 1.85 bits per heavy atom. The summed E-state index contributed by atoms with van der Waals surface area (Å²) in [5, 5.41) is 16.9. The summed E-state index contributed by atoms with van der Waals surface area (Å²) in [5.74, 6) is 0.649. The molecule has 0 aliphatic rings. The summed E-state index contributed by atoms with van der Waals surface area (Å²) in [4.78, 5) is 24.1. The highest BCUT2D eigenvalue weighted by molar-refractivity contribution is 7.99. The second kappa shape index (κ2) is 9.83. The number of thioether (sulfide) groups is 1. The molecule has 0 fully saturated rings. The van der Waals surface area contributed by atoms with Gasteiger partial charge in [0.15, 0.2) is 16.8 Å². The lowest BCUT2D eigenvalue weighted by molar-refractivity contribution is -0.113. The number of benzene rings is 2. The standard InChI is InChI=1S/C24H24N6O2S/c1-4-30-23(20-14-29(3)28-22(20)17-9-6-5-7-10-17)26-27-24(30)33-15-21(32)25-19-12-8-11-18(13-19)16(2)31/h5-14H,4,15H2,1-3H3,(H,25,32). The number of aryl methyl sites for hydroxylation is 1. The fourth-order valence-electron chi connectivity index (χ4n) is 3.48. The van der Waals surface area contributed by atoms with Gasteiger partial charge >= 0.3 is 0 Å². The molecule has 168 valence electrons. The van der Waals surface area contributed by atoms with Gasteiger partial charge in [0.2, 0.25) is 5.91 Å². The van der Waals surface area contributed by atoms with Crippen LogP contribution in [-0.4, -0.2) is 42.0 Å². The Labute approximate surface area is 196 Å². The predicted molar refractivity (Wildman–Crippen MR) is 129 cm³/mol. The molecule has 4 rings (SSSR count). The molecular weight excluding hydrogens is 436 g/mol. The van der Waals surface area contributed by atoms with E-state index in [9.17, 15) is 9.59 Å². The van der Waals surface area contributed by atoms with E-state index >= 15 is 0 Å². The van der Waals surface area contributed by atoms with Crippen LogP contribution in [0.2, 0.25) is 0 Å². The molecule has 0 atom stereocenters. The maximum absolute atomic E-state index is 12.5. The number of amides is 1. The molecule has 1 amide bonds. The Morgan fingerprint density at radius 3 is 2.58 bits per heavy atom. The van der Waals surface area contributed by atoms with Gasteiger partial charge in [-0.2, -0.15) is 5.10 Å². The summed E-state index contributed by atoms with van der Waals surface area (Å²) < 4.78 is 3.75. The first-order valence-corrected chi connectivity index (χ1v) is 11.5. The number of rotatable bonds is 8. The van der Waals surface area contributed by atoms with E-state index in [2.05, 4.69) is 20.6 Å². The smallest absolute Gasteiger partial charge is 0.234 e. The van der Waals surface area contributed by atoms with Gasteiger partial charge in [-0.3, -0.25) is 14.3 Å². The first kappa shape index (κ1) is 22.5. The fraction of sp³-hybridized carbons (Fsp3) is 0.208. The van der Waals surface area contributed by atoms with Crippen LogP contribution in [0.1, 0.15) is 24.2 Å². The Morgan fingerprint density at radius 1 is 1.06 bits per heavy atom. The van der Waals surface area contributed by atoms with E-state index in [1.807, 2.05) is 55.1 Å². The molecule has 0 spiro atoms. The van der Waals surface area contributed by atoms with E-state index in [0.29, 0.717) is 28.8 Å². The number of hydrogen-bond donors (Lipinski definition) is 1. The molecule has 2 aromatic heterocycles. The van der Waals surface area contributed by atoms with Crippen molar-refractivity contribution in [1.82, 2.24) is 24.5 Å². The summed E-state index contributed by atoms with van der Waals surface area (Å²) >= 11 is 1.32. The van der Waals surface area contributed by atoms with Crippen LogP contribution >= 0.6 is 11.8 Å². The summed E-state index contributed by atoms with van der Waals surface area (Å²) in [7, 11) is 1.88. The highest BCUT2D eigenvalue weighted by atomic mass is 32.2. The maximum Gasteiger partial charge on any atom is 0.234 e. The van der Waals surface area contributed by atoms with Crippen molar-refractivity contribution in [1.29, 1.82) is 0 Å². The topological polar surface area (TPSA) is 94.7 Å². The lowest BCUT2D eigenvalue weighted by atomic mass is 10.1. The van der Waals surface area contributed by atoms with Crippen molar-refractivity contribution in [3.8, 4) is 22.6 Å². The molecule has 0 saturated heterocycles. The minimum absolute atomic E-state index is 0.0469. The number of nitrogens with zero attached hydrogens (tertiary/aromatic N) is 5. The van der Waals surface area contributed by atoms with Crippen LogP contribution in [0.5, 0.6) is 0 Å². The summed E-state index contributed by atoms with van der Waals surface area (Å²) in [6.45, 7) is 4.16. The van der Waals surface area contributed by atoms with E-state index < -0.39 is 0 Å². The third-order valence-corrected chi connectivity index (χ3v) is 6.00. The van der Waals surface area contributed by atoms with Crippen LogP contribution in [0.15, 0.2) is 66.0 Å². The van der Waals surface area contributed by atoms with Crippen molar-refractivity contribution in [3.63, 3.8) is 0 Å². The molecule has 0 saturated carbocycles. The first-order valence-electron chi connectivity index (χ1n) is 10.5. The Bertz CT molecular complexity index is 1300. The van der Waals surface area contributed by atoms with Gasteiger partial charge in [0.25, 0.3) is 0 Å². The molecular formula is C24H24N6O2S. The molecule has 2 aromatic carbocycles. The largest absolute Gasteiger partial charge is 0.325 e. The van der Waals surface area contributed by atoms with Crippen molar-refractivity contribution in [2.75, 3.05) is 11.1 Å². The lowest BCUT2D eigenvalue weighted by Gasteiger charge is -2.08. The lowest BCUT2D eigenvalue weighted by Crippen LogP contribution is -2.15. The van der Waals surface area contributed by atoms with Crippen LogP contribution in [0.4, 0.5) is 5.69 Å². The molecule has 0 bridgehead atoms. The molecule has 0 aliphatic carbocycles. The molecule has 0 radical (unpaired) electrons. The Kier molecular flexibility index (Phi) is 6.69. The van der Waals surface area contributed by atoms with Crippen molar-refractivity contribution in [3.05, 3.63) is 66.4 Å². The number of carbonyl (C=O) groups is 2. The van der Waals surface area contributed by atoms with Gasteiger partial charge in [0.05, 0.1) is 11.3 Å². The zero-order valence-electron chi connectivity index (χ0n) is 18.6. The van der Waals surface area contributed by atoms with E-state index in [1.165, 1.54) is 18.7 Å². The zero-order valence-corrected chi connectivity index (χ0v) is 19.5. The van der Waals surface area contributed by atoms with Gasteiger partial charge in [-0.1, -0.05) is 54.2 Å². The monoisotopic (exact) mass is 460 g/mol. The van der Waals surface area contributed by atoms with Crippen molar-refractivity contribution in [2.45, 2.75) is 25.5 Å². The van der Waals surface area contributed by atoms with Crippen molar-refractivity contribution in [2.24, 2.45) is 7.05 Å². The highest BCUT2D eigenvalue weighted by Gasteiger charge is 2.20. The van der Waals surface area contributed by atoms with Crippen LogP contribution < -0.4 is 5.32 Å². The molecule has 1 N–H and O–H groups in total. The molecule has 4 aromatic rings. The van der Waals surface area contributed by atoms with Gasteiger partial charge in [0.1, 0.15) is 5.69 Å². The second-order valence-electron chi connectivity index (χ2n) is 7.46. The van der Waals surface area contributed by atoms with E-state index in [0.717, 1.165) is 16.8 Å².